The molecule has 0 unspecified atom stereocenters. The molecule has 108 valence electrons. The number of nitrogens with one attached hydrogen (secondary N) is 1. The van der Waals surface area contributed by atoms with E-state index in [4.69, 9.17) is 10.5 Å². The summed E-state index contributed by atoms with van der Waals surface area (Å²) in [6, 6.07) is 6.46. The van der Waals surface area contributed by atoms with Gasteiger partial charge in [0.2, 0.25) is 0 Å². The second-order valence-electron chi connectivity index (χ2n) is 5.74. The Kier molecular flexibility index (Phi) is 6.32. The smallest absolute Gasteiger partial charge is 0.122 e. The van der Waals surface area contributed by atoms with Crippen LogP contribution in [-0.4, -0.2) is 25.7 Å². The van der Waals surface area contributed by atoms with Gasteiger partial charge in [0.25, 0.3) is 0 Å². The lowest BCUT2D eigenvalue weighted by Gasteiger charge is -2.18. The monoisotopic (exact) mass is 264 g/mol. The molecule has 0 aromatic heterocycles. The maximum atomic E-state index is 5.94. The third kappa shape index (κ3) is 6.08. The summed E-state index contributed by atoms with van der Waals surface area (Å²) in [7, 11) is 1.73. The third-order valence-electron chi connectivity index (χ3n) is 3.26. The van der Waals surface area contributed by atoms with E-state index >= 15 is 0 Å². The van der Waals surface area contributed by atoms with Crippen LogP contribution < -0.4 is 15.8 Å². The lowest BCUT2D eigenvalue weighted by molar-refractivity contribution is 0.410. The summed E-state index contributed by atoms with van der Waals surface area (Å²) in [5, 5.41) is 3.45. The fourth-order valence-corrected chi connectivity index (χ4v) is 2.03. The van der Waals surface area contributed by atoms with Crippen LogP contribution in [0.2, 0.25) is 0 Å². The third-order valence-corrected chi connectivity index (χ3v) is 3.26. The molecule has 0 aliphatic heterocycles. The van der Waals surface area contributed by atoms with Crippen molar-refractivity contribution in [3.63, 3.8) is 0 Å². The van der Waals surface area contributed by atoms with Crippen molar-refractivity contribution in [3.05, 3.63) is 29.3 Å². The molecule has 3 nitrogen and oxygen atoms in total. The molecule has 0 bridgehead atoms. The Bertz CT molecular complexity index is 383. The minimum atomic E-state index is -0.0809. The van der Waals surface area contributed by atoms with Crippen LogP contribution in [-0.2, 0) is 12.8 Å². The van der Waals surface area contributed by atoms with Crippen molar-refractivity contribution in [1.29, 1.82) is 0 Å². The number of methoxy groups -OCH3 is 1. The summed E-state index contributed by atoms with van der Waals surface area (Å²) < 4.78 is 5.34. The minimum Gasteiger partial charge on any atom is -0.496 e. The fraction of sp³-hybridized carbons (Fsp3) is 0.625. The second-order valence-corrected chi connectivity index (χ2v) is 5.74. The summed E-state index contributed by atoms with van der Waals surface area (Å²) in [6.07, 6.45) is 3.05. The largest absolute Gasteiger partial charge is 0.496 e. The highest BCUT2D eigenvalue weighted by molar-refractivity contribution is 5.37. The number of rotatable bonds is 8. The van der Waals surface area contributed by atoms with Crippen molar-refractivity contribution >= 4 is 0 Å². The maximum Gasteiger partial charge on any atom is 0.122 e. The van der Waals surface area contributed by atoms with Gasteiger partial charge in [-0.25, -0.2) is 0 Å². The molecule has 1 aromatic rings. The highest BCUT2D eigenvalue weighted by Gasteiger charge is 2.09. The molecule has 0 aliphatic carbocycles. The molecule has 0 amide bonds. The van der Waals surface area contributed by atoms with Crippen molar-refractivity contribution in [2.24, 2.45) is 5.73 Å². The maximum absolute atomic E-state index is 5.94. The van der Waals surface area contributed by atoms with Gasteiger partial charge in [0, 0.05) is 5.54 Å². The van der Waals surface area contributed by atoms with Gasteiger partial charge in [-0.05, 0) is 63.4 Å². The molecule has 0 saturated carbocycles. The molecule has 3 N–H and O–H groups in total. The predicted octanol–water partition coefficient (Wildman–Crippen LogP) is 2.52. The van der Waals surface area contributed by atoms with Gasteiger partial charge in [0.1, 0.15) is 5.75 Å². The molecule has 0 spiro atoms. The Balaban J connectivity index is 2.37. The van der Waals surface area contributed by atoms with Crippen molar-refractivity contribution in [3.8, 4) is 5.75 Å². The number of benzene rings is 1. The van der Waals surface area contributed by atoms with E-state index in [-0.39, 0.29) is 5.54 Å². The van der Waals surface area contributed by atoms with E-state index in [1.165, 1.54) is 11.1 Å². The molecule has 3 heteroatoms. The van der Waals surface area contributed by atoms with Crippen LogP contribution in [0.4, 0.5) is 0 Å². The van der Waals surface area contributed by atoms with E-state index in [1.54, 1.807) is 7.11 Å². The van der Waals surface area contributed by atoms with Crippen LogP contribution in [0.15, 0.2) is 18.2 Å². The summed E-state index contributed by atoms with van der Waals surface area (Å²) in [4.78, 5) is 0. The van der Waals surface area contributed by atoms with Gasteiger partial charge in [-0.15, -0.1) is 0 Å². The molecule has 0 radical (unpaired) electrons. The number of nitrogens with two attached hydrogens (primary N) is 1. The van der Waals surface area contributed by atoms with Crippen LogP contribution >= 0.6 is 0 Å². The van der Waals surface area contributed by atoms with Crippen LogP contribution in [0.3, 0.4) is 0 Å². The zero-order chi connectivity index (χ0) is 14.3. The number of hydrogen-bond acceptors (Lipinski definition) is 3. The van der Waals surface area contributed by atoms with Gasteiger partial charge >= 0.3 is 0 Å². The molecule has 0 aliphatic rings. The first kappa shape index (κ1) is 16.0. The highest BCUT2D eigenvalue weighted by atomic mass is 16.5. The zero-order valence-electron chi connectivity index (χ0n) is 12.8. The minimum absolute atomic E-state index is 0.0809. The van der Waals surface area contributed by atoms with Crippen molar-refractivity contribution in [2.45, 2.75) is 45.6 Å². The Morgan fingerprint density at radius 3 is 2.58 bits per heavy atom. The van der Waals surface area contributed by atoms with Crippen LogP contribution in [0.25, 0.3) is 0 Å². The SMILES string of the molecule is CCc1cc(CCNCCC(C)(C)N)ccc1OC. The van der Waals surface area contributed by atoms with E-state index in [2.05, 4.69) is 44.3 Å². The lowest BCUT2D eigenvalue weighted by Crippen LogP contribution is -2.36. The summed E-state index contributed by atoms with van der Waals surface area (Å²) in [5.41, 5.74) is 8.50. The predicted molar refractivity (Wildman–Crippen MR) is 81.8 cm³/mol. The molecule has 0 heterocycles. The van der Waals surface area contributed by atoms with Crippen molar-refractivity contribution in [1.82, 2.24) is 5.32 Å². The van der Waals surface area contributed by atoms with E-state index < -0.39 is 0 Å². The van der Waals surface area contributed by atoms with Crippen LogP contribution in [0.5, 0.6) is 5.75 Å². The molecule has 1 rings (SSSR count). The molecule has 0 atom stereocenters. The lowest BCUT2D eigenvalue weighted by atomic mass is 10.0. The average Bonchev–Trinajstić information content (AvgIpc) is 2.36. The van der Waals surface area contributed by atoms with Crippen LogP contribution in [0.1, 0.15) is 38.3 Å². The van der Waals surface area contributed by atoms with E-state index in [1.807, 2.05) is 0 Å². The summed E-state index contributed by atoms with van der Waals surface area (Å²) >= 11 is 0. The summed E-state index contributed by atoms with van der Waals surface area (Å²) in [6.45, 7) is 8.24. The molecular formula is C16H28N2O. The second kappa shape index (κ2) is 7.51. The standard InChI is InChI=1S/C16H28N2O/c1-5-14-12-13(6-7-15(14)19-4)8-10-18-11-9-16(2,3)17/h6-7,12,18H,5,8-11,17H2,1-4H3. The normalized spacial score (nSPS) is 11.6. The number of hydrogen-bond donors (Lipinski definition) is 2. The molecule has 0 saturated heterocycles. The molecular weight excluding hydrogens is 236 g/mol. The van der Waals surface area contributed by atoms with Gasteiger partial charge in [0.05, 0.1) is 7.11 Å². The first-order valence-electron chi connectivity index (χ1n) is 7.11. The number of ether oxygens (including phenoxy) is 1. The summed E-state index contributed by atoms with van der Waals surface area (Å²) in [5.74, 6) is 0.990. The van der Waals surface area contributed by atoms with Gasteiger partial charge < -0.3 is 15.8 Å². The van der Waals surface area contributed by atoms with Crippen LogP contribution in [0, 0.1) is 0 Å². The van der Waals surface area contributed by atoms with Crippen molar-refractivity contribution in [2.75, 3.05) is 20.2 Å². The van der Waals surface area contributed by atoms with E-state index in [0.717, 1.165) is 38.1 Å². The Morgan fingerprint density at radius 1 is 1.26 bits per heavy atom. The first-order valence-corrected chi connectivity index (χ1v) is 7.11. The highest BCUT2D eigenvalue weighted by Crippen LogP contribution is 2.20. The van der Waals surface area contributed by atoms with E-state index in [0.29, 0.717) is 0 Å². The van der Waals surface area contributed by atoms with Gasteiger partial charge in [-0.1, -0.05) is 19.1 Å². The topological polar surface area (TPSA) is 47.3 Å². The van der Waals surface area contributed by atoms with Gasteiger partial charge in [-0.3, -0.25) is 0 Å². The zero-order valence-corrected chi connectivity index (χ0v) is 12.8. The number of aryl methyl sites for hydroxylation is 1. The van der Waals surface area contributed by atoms with Gasteiger partial charge in [-0.2, -0.15) is 0 Å². The quantitative estimate of drug-likeness (QED) is 0.709. The van der Waals surface area contributed by atoms with Crippen molar-refractivity contribution < 1.29 is 4.74 Å². The molecule has 1 aromatic carbocycles. The first-order chi connectivity index (χ1) is 8.96. The molecule has 0 fully saturated rings. The van der Waals surface area contributed by atoms with Gasteiger partial charge in [0.15, 0.2) is 0 Å². The van der Waals surface area contributed by atoms with E-state index in [9.17, 15) is 0 Å². The average molecular weight is 264 g/mol. The Labute approximate surface area is 117 Å². The molecule has 19 heavy (non-hydrogen) atoms. The Hall–Kier alpha value is -1.06. The fourth-order valence-electron chi connectivity index (χ4n) is 2.03. The Morgan fingerprint density at radius 2 is 2.00 bits per heavy atom.